The van der Waals surface area contributed by atoms with E-state index in [1.807, 2.05) is 22.7 Å². The van der Waals surface area contributed by atoms with E-state index < -0.39 is 0 Å². The van der Waals surface area contributed by atoms with Crippen molar-refractivity contribution in [3.8, 4) is 0 Å². The number of nitrogens with one attached hydrogen (secondary N) is 1. The van der Waals surface area contributed by atoms with E-state index in [2.05, 4.69) is 57.8 Å². The quantitative estimate of drug-likeness (QED) is 0.798. The van der Waals surface area contributed by atoms with Crippen LogP contribution >= 0.6 is 38.6 Å². The van der Waals surface area contributed by atoms with Crippen molar-refractivity contribution in [1.29, 1.82) is 0 Å². The molecule has 17 heavy (non-hydrogen) atoms. The summed E-state index contributed by atoms with van der Waals surface area (Å²) in [5, 5.41) is 5.78. The van der Waals surface area contributed by atoms with Gasteiger partial charge < -0.3 is 5.32 Å². The average Bonchev–Trinajstić information content (AvgIpc) is 2.96. The second-order valence-electron chi connectivity index (χ2n) is 3.89. The zero-order valence-electron chi connectivity index (χ0n) is 9.78. The maximum atomic E-state index is 3.63. The Hall–Kier alpha value is -0.160. The highest BCUT2D eigenvalue weighted by atomic mass is 79.9. The fourth-order valence-electron chi connectivity index (χ4n) is 1.79. The minimum Gasteiger partial charge on any atom is -0.309 e. The van der Waals surface area contributed by atoms with Gasteiger partial charge in [-0.1, -0.05) is 13.0 Å². The highest BCUT2D eigenvalue weighted by Crippen LogP contribution is 2.23. The second kappa shape index (κ2) is 6.69. The van der Waals surface area contributed by atoms with E-state index in [1.54, 1.807) is 0 Å². The maximum absolute atomic E-state index is 3.63. The predicted octanol–water partition coefficient (Wildman–Crippen LogP) is 4.86. The monoisotopic (exact) mass is 329 g/mol. The third kappa shape index (κ3) is 3.91. The number of halogens is 1. The molecule has 4 heteroatoms. The lowest BCUT2D eigenvalue weighted by atomic mass is 10.2. The fourth-order valence-corrected chi connectivity index (χ4v) is 4.16. The molecule has 0 aliphatic carbocycles. The first kappa shape index (κ1) is 13.3. The molecule has 1 atom stereocenters. The second-order valence-corrected chi connectivity index (χ2v) is 7.41. The summed E-state index contributed by atoms with van der Waals surface area (Å²) in [4.78, 5) is 2.88. The Kier molecular flexibility index (Phi) is 5.22. The lowest BCUT2D eigenvalue weighted by molar-refractivity contribution is 0.531. The van der Waals surface area contributed by atoms with Gasteiger partial charge in [0, 0.05) is 22.3 Å². The molecular weight excluding hydrogens is 314 g/mol. The normalized spacial score (nSPS) is 12.8. The van der Waals surface area contributed by atoms with Crippen LogP contribution in [0.5, 0.6) is 0 Å². The molecule has 0 aromatic carbocycles. The summed E-state index contributed by atoms with van der Waals surface area (Å²) in [6, 6.07) is 9.17. The fraction of sp³-hybridized carbons (Fsp3) is 0.385. The van der Waals surface area contributed by atoms with Crippen LogP contribution in [0.2, 0.25) is 0 Å². The molecule has 0 saturated carbocycles. The van der Waals surface area contributed by atoms with Gasteiger partial charge >= 0.3 is 0 Å². The number of hydrogen-bond acceptors (Lipinski definition) is 3. The van der Waals surface area contributed by atoms with E-state index >= 15 is 0 Å². The lowest BCUT2D eigenvalue weighted by Gasteiger charge is -2.14. The molecule has 92 valence electrons. The van der Waals surface area contributed by atoms with E-state index in [0.29, 0.717) is 6.04 Å². The number of rotatable bonds is 6. The molecule has 1 nitrogen and oxygen atoms in total. The molecule has 0 radical (unpaired) electrons. The summed E-state index contributed by atoms with van der Waals surface area (Å²) in [6.07, 6.45) is 2.26. The van der Waals surface area contributed by atoms with Crippen molar-refractivity contribution in [1.82, 2.24) is 5.32 Å². The zero-order valence-corrected chi connectivity index (χ0v) is 13.0. The van der Waals surface area contributed by atoms with Gasteiger partial charge in [-0.3, -0.25) is 0 Å². The number of thiophene rings is 2. The van der Waals surface area contributed by atoms with Crippen molar-refractivity contribution in [2.45, 2.75) is 25.8 Å². The van der Waals surface area contributed by atoms with Gasteiger partial charge in [0.05, 0.1) is 3.79 Å². The molecule has 0 bridgehead atoms. The summed E-state index contributed by atoms with van der Waals surface area (Å²) >= 11 is 7.16. The highest BCUT2D eigenvalue weighted by molar-refractivity contribution is 9.11. The van der Waals surface area contributed by atoms with Crippen molar-refractivity contribution in [2.75, 3.05) is 6.54 Å². The Morgan fingerprint density at radius 1 is 1.35 bits per heavy atom. The third-order valence-corrected chi connectivity index (χ3v) is 5.36. The minimum atomic E-state index is 0.512. The summed E-state index contributed by atoms with van der Waals surface area (Å²) in [7, 11) is 0. The van der Waals surface area contributed by atoms with Gasteiger partial charge in [0.1, 0.15) is 0 Å². The first-order valence-corrected chi connectivity index (χ1v) is 8.29. The summed E-state index contributed by atoms with van der Waals surface area (Å²) < 4.78 is 1.22. The van der Waals surface area contributed by atoms with Gasteiger partial charge in [-0.05, 0) is 52.4 Å². The van der Waals surface area contributed by atoms with Crippen LogP contribution in [0.4, 0.5) is 0 Å². The van der Waals surface area contributed by atoms with Crippen molar-refractivity contribution in [3.05, 3.63) is 43.2 Å². The van der Waals surface area contributed by atoms with Crippen LogP contribution in [0.25, 0.3) is 0 Å². The highest BCUT2D eigenvalue weighted by Gasteiger charge is 2.09. The van der Waals surface area contributed by atoms with Crippen molar-refractivity contribution in [3.63, 3.8) is 0 Å². The molecule has 0 aliphatic rings. The van der Waals surface area contributed by atoms with Gasteiger partial charge in [-0.15, -0.1) is 22.7 Å². The lowest BCUT2D eigenvalue weighted by Crippen LogP contribution is -2.22. The zero-order chi connectivity index (χ0) is 12.1. The third-order valence-electron chi connectivity index (χ3n) is 2.69. The molecule has 0 amide bonds. The first-order valence-electron chi connectivity index (χ1n) is 5.80. The van der Waals surface area contributed by atoms with Gasteiger partial charge in [-0.25, -0.2) is 0 Å². The summed E-state index contributed by atoms with van der Waals surface area (Å²) in [5.41, 5.74) is 0. The molecule has 1 unspecified atom stereocenters. The van der Waals surface area contributed by atoms with Gasteiger partial charge in [0.2, 0.25) is 0 Å². The number of hydrogen-bond donors (Lipinski definition) is 1. The molecule has 0 aliphatic heterocycles. The van der Waals surface area contributed by atoms with Crippen molar-refractivity contribution in [2.24, 2.45) is 0 Å². The van der Waals surface area contributed by atoms with E-state index in [0.717, 1.165) is 19.4 Å². The Balaban J connectivity index is 1.81. The van der Waals surface area contributed by atoms with Crippen LogP contribution in [-0.2, 0) is 6.42 Å². The largest absolute Gasteiger partial charge is 0.309 e. The molecule has 2 aromatic rings. The standard InChI is InChI=1S/C13H16BrNS2/c1-2-11(12-4-3-9-16-12)15-8-7-10-5-6-13(14)17-10/h3-6,9,11,15H,2,7-8H2,1H3. The molecular formula is C13H16BrNS2. The van der Waals surface area contributed by atoms with E-state index in [9.17, 15) is 0 Å². The molecule has 2 rings (SSSR count). The molecule has 2 heterocycles. The van der Waals surface area contributed by atoms with Crippen LogP contribution < -0.4 is 5.32 Å². The van der Waals surface area contributed by atoms with Crippen LogP contribution in [0, 0.1) is 0 Å². The Morgan fingerprint density at radius 3 is 2.82 bits per heavy atom. The molecule has 2 aromatic heterocycles. The molecule has 0 saturated heterocycles. The van der Waals surface area contributed by atoms with Crippen molar-refractivity contribution >= 4 is 38.6 Å². The Morgan fingerprint density at radius 2 is 2.24 bits per heavy atom. The van der Waals surface area contributed by atoms with Gasteiger partial charge in [0.15, 0.2) is 0 Å². The molecule has 1 N–H and O–H groups in total. The predicted molar refractivity (Wildman–Crippen MR) is 81.1 cm³/mol. The van der Waals surface area contributed by atoms with E-state index in [4.69, 9.17) is 0 Å². The topological polar surface area (TPSA) is 12.0 Å². The Labute approximate surface area is 119 Å². The first-order chi connectivity index (χ1) is 8.29. The average molecular weight is 330 g/mol. The smallest absolute Gasteiger partial charge is 0.0701 e. The van der Waals surface area contributed by atoms with Crippen LogP contribution in [0.15, 0.2) is 33.4 Å². The van der Waals surface area contributed by atoms with Gasteiger partial charge in [0.25, 0.3) is 0 Å². The van der Waals surface area contributed by atoms with E-state index in [-0.39, 0.29) is 0 Å². The minimum absolute atomic E-state index is 0.512. The van der Waals surface area contributed by atoms with E-state index in [1.165, 1.54) is 13.5 Å². The Bertz CT molecular complexity index is 436. The van der Waals surface area contributed by atoms with Gasteiger partial charge in [-0.2, -0.15) is 0 Å². The van der Waals surface area contributed by atoms with Crippen LogP contribution in [0.3, 0.4) is 0 Å². The summed E-state index contributed by atoms with van der Waals surface area (Å²) in [5.74, 6) is 0. The maximum Gasteiger partial charge on any atom is 0.0701 e. The molecule has 0 spiro atoms. The summed E-state index contributed by atoms with van der Waals surface area (Å²) in [6.45, 7) is 3.28. The molecule has 0 fully saturated rings. The SMILES string of the molecule is CCC(NCCc1ccc(Br)s1)c1cccs1. The van der Waals surface area contributed by atoms with Crippen molar-refractivity contribution < 1.29 is 0 Å². The van der Waals surface area contributed by atoms with Crippen LogP contribution in [0.1, 0.15) is 29.1 Å². The van der Waals surface area contributed by atoms with Crippen LogP contribution in [-0.4, -0.2) is 6.54 Å².